The van der Waals surface area contributed by atoms with Crippen molar-refractivity contribution in [2.45, 2.75) is 32.5 Å². The van der Waals surface area contributed by atoms with Crippen LogP contribution in [-0.2, 0) is 13.1 Å². The quantitative estimate of drug-likeness (QED) is 0.875. The summed E-state index contributed by atoms with van der Waals surface area (Å²) in [5, 5.41) is 0. The number of nitrogens with zero attached hydrogens (tertiary/aromatic N) is 3. The molecule has 1 aromatic carbocycles. The molecule has 0 aliphatic carbocycles. The minimum absolute atomic E-state index is 0.378. The summed E-state index contributed by atoms with van der Waals surface area (Å²) in [6, 6.07) is 8.05. The summed E-state index contributed by atoms with van der Waals surface area (Å²) in [5.41, 5.74) is 7.05. The molecule has 3 rings (SSSR count). The highest BCUT2D eigenvalue weighted by Crippen LogP contribution is 2.19. The zero-order chi connectivity index (χ0) is 17.1. The molecular formula is C18H24N4O2. The van der Waals surface area contributed by atoms with E-state index in [0.717, 1.165) is 49.8 Å². The Kier molecular flexibility index (Phi) is 4.97. The molecule has 0 saturated carbocycles. The van der Waals surface area contributed by atoms with Gasteiger partial charge in [-0.05, 0) is 38.1 Å². The van der Waals surface area contributed by atoms with E-state index in [2.05, 4.69) is 21.8 Å². The Bertz CT molecular complexity index is 713. The van der Waals surface area contributed by atoms with Gasteiger partial charge in [-0.15, -0.1) is 0 Å². The van der Waals surface area contributed by atoms with E-state index in [1.807, 2.05) is 25.1 Å². The van der Waals surface area contributed by atoms with E-state index in [-0.39, 0.29) is 5.91 Å². The lowest BCUT2D eigenvalue weighted by Crippen LogP contribution is -2.34. The molecule has 1 aliphatic rings. The van der Waals surface area contributed by atoms with Gasteiger partial charge in [0.2, 0.25) is 11.8 Å². The Balaban J connectivity index is 1.55. The standard InChI is InChI=1S/C18H24N4O2/c1-13-9-20-17(24-13)12-21(2)16-6-7-22(11-16)10-14-4-3-5-15(8-14)18(19)23/h3-5,8-9,16H,6-7,10-12H2,1-2H3,(H2,19,23)/t16-/m1/s1. The van der Waals surface area contributed by atoms with Gasteiger partial charge in [0.05, 0.1) is 12.7 Å². The lowest BCUT2D eigenvalue weighted by molar-refractivity contribution is 0.1000. The Morgan fingerprint density at radius 3 is 3.04 bits per heavy atom. The third-order valence-corrected chi connectivity index (χ3v) is 4.54. The maximum absolute atomic E-state index is 11.3. The van der Waals surface area contributed by atoms with Gasteiger partial charge in [0.25, 0.3) is 0 Å². The molecule has 128 valence electrons. The largest absolute Gasteiger partial charge is 0.445 e. The molecule has 2 aromatic rings. The molecule has 24 heavy (non-hydrogen) atoms. The highest BCUT2D eigenvalue weighted by molar-refractivity contribution is 5.92. The SMILES string of the molecule is Cc1cnc(CN(C)[C@@H]2CCN(Cc3cccc(C(N)=O)c3)C2)o1. The second-order valence-corrected chi connectivity index (χ2v) is 6.52. The number of oxazole rings is 1. The van der Waals surface area contributed by atoms with Crippen molar-refractivity contribution in [3.63, 3.8) is 0 Å². The number of rotatable bonds is 6. The third-order valence-electron chi connectivity index (χ3n) is 4.54. The number of primary amides is 1. The van der Waals surface area contributed by atoms with Gasteiger partial charge in [0, 0.05) is 31.2 Å². The predicted molar refractivity (Wildman–Crippen MR) is 91.3 cm³/mol. The molecule has 1 aromatic heterocycles. The Morgan fingerprint density at radius 1 is 1.50 bits per heavy atom. The van der Waals surface area contributed by atoms with Gasteiger partial charge < -0.3 is 10.2 Å². The number of nitrogens with two attached hydrogens (primary N) is 1. The second kappa shape index (κ2) is 7.15. The van der Waals surface area contributed by atoms with E-state index in [1.165, 1.54) is 0 Å². The summed E-state index contributed by atoms with van der Waals surface area (Å²) in [6.45, 7) is 5.51. The van der Waals surface area contributed by atoms with Crippen LogP contribution in [-0.4, -0.2) is 46.9 Å². The number of carbonyl (C=O) groups excluding carboxylic acids is 1. The van der Waals surface area contributed by atoms with Crippen LogP contribution in [0.1, 0.15) is 34.0 Å². The smallest absolute Gasteiger partial charge is 0.248 e. The van der Waals surface area contributed by atoms with Crippen molar-refractivity contribution < 1.29 is 9.21 Å². The highest BCUT2D eigenvalue weighted by Gasteiger charge is 2.26. The summed E-state index contributed by atoms with van der Waals surface area (Å²) >= 11 is 0. The molecule has 1 fully saturated rings. The fourth-order valence-electron chi connectivity index (χ4n) is 3.21. The Morgan fingerprint density at radius 2 is 2.33 bits per heavy atom. The van der Waals surface area contributed by atoms with Crippen molar-refractivity contribution in [3.8, 4) is 0 Å². The average molecular weight is 328 g/mol. The van der Waals surface area contributed by atoms with Gasteiger partial charge in [-0.3, -0.25) is 14.6 Å². The van der Waals surface area contributed by atoms with Crippen LogP contribution in [0.2, 0.25) is 0 Å². The number of amides is 1. The second-order valence-electron chi connectivity index (χ2n) is 6.52. The summed E-state index contributed by atoms with van der Waals surface area (Å²) < 4.78 is 5.56. The molecule has 0 spiro atoms. The number of aryl methyl sites for hydroxylation is 1. The van der Waals surface area contributed by atoms with Gasteiger partial charge >= 0.3 is 0 Å². The molecular weight excluding hydrogens is 304 g/mol. The van der Waals surface area contributed by atoms with Crippen LogP contribution in [0.4, 0.5) is 0 Å². The molecule has 0 unspecified atom stereocenters. The lowest BCUT2D eigenvalue weighted by Gasteiger charge is -2.23. The van der Waals surface area contributed by atoms with E-state index in [1.54, 1.807) is 12.3 Å². The number of hydrogen-bond acceptors (Lipinski definition) is 5. The number of carbonyl (C=O) groups is 1. The van der Waals surface area contributed by atoms with Crippen LogP contribution in [0.15, 0.2) is 34.9 Å². The minimum atomic E-state index is -0.378. The molecule has 1 saturated heterocycles. The van der Waals surface area contributed by atoms with E-state index in [4.69, 9.17) is 10.2 Å². The highest BCUT2D eigenvalue weighted by atomic mass is 16.4. The summed E-state index contributed by atoms with van der Waals surface area (Å²) in [7, 11) is 2.11. The number of likely N-dealkylation sites (N-methyl/N-ethyl adjacent to an activating group) is 1. The molecule has 6 heteroatoms. The van der Waals surface area contributed by atoms with Crippen LogP contribution in [0.3, 0.4) is 0 Å². The van der Waals surface area contributed by atoms with Crippen molar-refractivity contribution in [3.05, 3.63) is 53.2 Å². The van der Waals surface area contributed by atoms with Crippen LogP contribution >= 0.6 is 0 Å². The molecule has 2 heterocycles. The number of aromatic nitrogens is 1. The maximum atomic E-state index is 11.3. The summed E-state index contributed by atoms with van der Waals surface area (Å²) in [5.74, 6) is 1.24. The van der Waals surface area contributed by atoms with E-state index < -0.39 is 0 Å². The molecule has 0 radical (unpaired) electrons. The molecule has 1 atom stereocenters. The van der Waals surface area contributed by atoms with Gasteiger partial charge in [0.1, 0.15) is 5.76 Å². The first-order chi connectivity index (χ1) is 11.5. The van der Waals surface area contributed by atoms with E-state index in [0.29, 0.717) is 11.6 Å². The van der Waals surface area contributed by atoms with Gasteiger partial charge in [-0.2, -0.15) is 0 Å². The van der Waals surface area contributed by atoms with Crippen molar-refractivity contribution in [2.75, 3.05) is 20.1 Å². The van der Waals surface area contributed by atoms with E-state index >= 15 is 0 Å². The first-order valence-electron chi connectivity index (χ1n) is 8.24. The molecule has 2 N–H and O–H groups in total. The van der Waals surface area contributed by atoms with Crippen molar-refractivity contribution in [1.82, 2.24) is 14.8 Å². The number of hydrogen-bond donors (Lipinski definition) is 1. The average Bonchev–Trinajstić information content (AvgIpc) is 3.17. The fraction of sp³-hybridized carbons (Fsp3) is 0.444. The van der Waals surface area contributed by atoms with Crippen molar-refractivity contribution in [1.29, 1.82) is 0 Å². The maximum Gasteiger partial charge on any atom is 0.248 e. The Labute approximate surface area is 142 Å². The van der Waals surface area contributed by atoms with Crippen LogP contribution in [0.25, 0.3) is 0 Å². The first-order valence-corrected chi connectivity index (χ1v) is 8.24. The molecule has 6 nitrogen and oxygen atoms in total. The van der Waals surface area contributed by atoms with Crippen LogP contribution in [0.5, 0.6) is 0 Å². The number of benzene rings is 1. The first kappa shape index (κ1) is 16.7. The van der Waals surface area contributed by atoms with Gasteiger partial charge in [-0.25, -0.2) is 4.98 Å². The Hall–Kier alpha value is -2.18. The zero-order valence-corrected chi connectivity index (χ0v) is 14.2. The molecule has 0 bridgehead atoms. The topological polar surface area (TPSA) is 75.6 Å². The summed E-state index contributed by atoms with van der Waals surface area (Å²) in [4.78, 5) is 20.3. The number of likely N-dealkylation sites (tertiary alicyclic amines) is 1. The zero-order valence-electron chi connectivity index (χ0n) is 14.2. The fourth-order valence-corrected chi connectivity index (χ4v) is 3.21. The summed E-state index contributed by atoms with van der Waals surface area (Å²) in [6.07, 6.45) is 2.88. The van der Waals surface area contributed by atoms with E-state index in [9.17, 15) is 4.79 Å². The third kappa shape index (κ3) is 4.01. The molecule has 1 amide bonds. The van der Waals surface area contributed by atoms with Crippen LogP contribution in [0, 0.1) is 6.92 Å². The van der Waals surface area contributed by atoms with Gasteiger partial charge in [0.15, 0.2) is 0 Å². The van der Waals surface area contributed by atoms with Crippen molar-refractivity contribution in [2.24, 2.45) is 5.73 Å². The van der Waals surface area contributed by atoms with Gasteiger partial charge in [-0.1, -0.05) is 12.1 Å². The predicted octanol–water partition coefficient (Wildman–Crippen LogP) is 1.79. The lowest BCUT2D eigenvalue weighted by atomic mass is 10.1. The minimum Gasteiger partial charge on any atom is -0.445 e. The van der Waals surface area contributed by atoms with Crippen molar-refractivity contribution >= 4 is 5.91 Å². The molecule has 1 aliphatic heterocycles. The normalized spacial score (nSPS) is 18.4. The monoisotopic (exact) mass is 328 g/mol. The van der Waals surface area contributed by atoms with Crippen LogP contribution < -0.4 is 5.73 Å².